The zero-order valence-corrected chi connectivity index (χ0v) is 11.4. The number of aromatic nitrogens is 1. The molecule has 110 valence electrons. The number of carbonyl (C=O) groups excluding carboxylic acids is 1. The van der Waals surface area contributed by atoms with Crippen LogP contribution in [0.15, 0.2) is 42.6 Å². The van der Waals surface area contributed by atoms with Gasteiger partial charge in [0.2, 0.25) is 5.95 Å². The minimum absolute atomic E-state index is 0.133. The molecule has 2 rings (SSSR count). The fourth-order valence-electron chi connectivity index (χ4n) is 1.71. The van der Waals surface area contributed by atoms with E-state index in [1.807, 2.05) is 0 Å². The minimum Gasteiger partial charge on any atom is -0.489 e. The average molecular weight is 292 g/mol. The molecule has 0 fully saturated rings. The Hall–Kier alpha value is -2.50. The first kappa shape index (κ1) is 14.9. The van der Waals surface area contributed by atoms with E-state index in [0.29, 0.717) is 0 Å². The van der Waals surface area contributed by atoms with E-state index in [0.717, 1.165) is 6.07 Å². The van der Waals surface area contributed by atoms with Gasteiger partial charge in [0.25, 0.3) is 5.91 Å². The summed E-state index contributed by atoms with van der Waals surface area (Å²) < 4.78 is 31.6. The Bertz CT molecular complexity index is 635. The SMILES string of the molecule is CN(CCOc1ccccc1F)C(=O)c1ccnc(F)c1. The Morgan fingerprint density at radius 1 is 1.29 bits per heavy atom. The Labute approximate surface area is 121 Å². The molecule has 0 N–H and O–H groups in total. The van der Waals surface area contributed by atoms with Crippen LogP contribution in [0.2, 0.25) is 0 Å². The van der Waals surface area contributed by atoms with Gasteiger partial charge in [0.1, 0.15) is 6.61 Å². The lowest BCUT2D eigenvalue weighted by Crippen LogP contribution is -2.31. The predicted molar refractivity (Wildman–Crippen MR) is 73.1 cm³/mol. The first-order chi connectivity index (χ1) is 10.1. The number of carbonyl (C=O) groups is 1. The topological polar surface area (TPSA) is 42.4 Å². The number of halogens is 2. The Balaban J connectivity index is 1.89. The molecular weight excluding hydrogens is 278 g/mol. The molecule has 0 aliphatic rings. The second kappa shape index (κ2) is 6.78. The summed E-state index contributed by atoms with van der Waals surface area (Å²) in [5.41, 5.74) is 0.205. The lowest BCUT2D eigenvalue weighted by atomic mass is 10.2. The molecule has 1 aromatic carbocycles. The van der Waals surface area contributed by atoms with Crippen LogP contribution in [-0.2, 0) is 0 Å². The van der Waals surface area contributed by atoms with Crippen molar-refractivity contribution in [3.8, 4) is 5.75 Å². The molecule has 0 atom stereocenters. The van der Waals surface area contributed by atoms with Gasteiger partial charge >= 0.3 is 0 Å². The van der Waals surface area contributed by atoms with Gasteiger partial charge in [-0.05, 0) is 18.2 Å². The molecule has 2 aromatic rings. The number of likely N-dealkylation sites (N-methyl/N-ethyl adjacent to an activating group) is 1. The Morgan fingerprint density at radius 2 is 2.05 bits per heavy atom. The summed E-state index contributed by atoms with van der Waals surface area (Å²) in [6.07, 6.45) is 1.23. The monoisotopic (exact) mass is 292 g/mol. The number of pyridine rings is 1. The van der Waals surface area contributed by atoms with Crippen LogP contribution >= 0.6 is 0 Å². The number of amides is 1. The molecule has 21 heavy (non-hydrogen) atoms. The number of rotatable bonds is 5. The summed E-state index contributed by atoms with van der Waals surface area (Å²) in [4.78, 5) is 16.8. The smallest absolute Gasteiger partial charge is 0.253 e. The molecule has 1 aromatic heterocycles. The molecule has 0 radical (unpaired) electrons. The maximum absolute atomic E-state index is 13.3. The van der Waals surface area contributed by atoms with Crippen LogP contribution in [0, 0.1) is 11.8 Å². The summed E-state index contributed by atoms with van der Waals surface area (Å²) in [7, 11) is 1.56. The third-order valence-electron chi connectivity index (χ3n) is 2.84. The first-order valence-corrected chi connectivity index (χ1v) is 6.32. The second-order valence-corrected chi connectivity index (χ2v) is 4.37. The van der Waals surface area contributed by atoms with E-state index < -0.39 is 11.8 Å². The van der Waals surface area contributed by atoms with Crippen LogP contribution in [0.4, 0.5) is 8.78 Å². The van der Waals surface area contributed by atoms with E-state index >= 15 is 0 Å². The molecule has 0 aliphatic carbocycles. The van der Waals surface area contributed by atoms with Crippen molar-refractivity contribution in [1.82, 2.24) is 9.88 Å². The van der Waals surface area contributed by atoms with Crippen molar-refractivity contribution in [2.45, 2.75) is 0 Å². The van der Waals surface area contributed by atoms with Gasteiger partial charge in [0.15, 0.2) is 11.6 Å². The first-order valence-electron chi connectivity index (χ1n) is 6.32. The van der Waals surface area contributed by atoms with Crippen molar-refractivity contribution in [2.75, 3.05) is 20.2 Å². The summed E-state index contributed by atoms with van der Waals surface area (Å²) in [6, 6.07) is 8.53. The number of benzene rings is 1. The van der Waals surface area contributed by atoms with Gasteiger partial charge in [-0.3, -0.25) is 4.79 Å². The highest BCUT2D eigenvalue weighted by molar-refractivity contribution is 5.93. The summed E-state index contributed by atoms with van der Waals surface area (Å²) >= 11 is 0. The highest BCUT2D eigenvalue weighted by Gasteiger charge is 2.12. The second-order valence-electron chi connectivity index (χ2n) is 4.37. The summed E-state index contributed by atoms with van der Waals surface area (Å²) in [5.74, 6) is -1.39. The Morgan fingerprint density at radius 3 is 2.76 bits per heavy atom. The maximum atomic E-state index is 13.3. The van der Waals surface area contributed by atoms with Gasteiger partial charge < -0.3 is 9.64 Å². The number of nitrogens with zero attached hydrogens (tertiary/aromatic N) is 2. The molecule has 1 heterocycles. The van der Waals surface area contributed by atoms with Crippen molar-refractivity contribution in [3.63, 3.8) is 0 Å². The minimum atomic E-state index is -0.711. The van der Waals surface area contributed by atoms with Crippen LogP contribution in [0.25, 0.3) is 0 Å². The third-order valence-corrected chi connectivity index (χ3v) is 2.84. The van der Waals surface area contributed by atoms with Crippen molar-refractivity contribution in [2.24, 2.45) is 0 Å². The highest BCUT2D eigenvalue weighted by atomic mass is 19.1. The molecule has 0 bridgehead atoms. The zero-order chi connectivity index (χ0) is 15.2. The molecular formula is C15H14F2N2O2. The fraction of sp³-hybridized carbons (Fsp3) is 0.200. The number of hydrogen-bond donors (Lipinski definition) is 0. The van der Waals surface area contributed by atoms with E-state index in [4.69, 9.17) is 4.74 Å². The third kappa shape index (κ3) is 3.98. The molecule has 4 nitrogen and oxygen atoms in total. The molecule has 0 unspecified atom stereocenters. The molecule has 0 saturated heterocycles. The van der Waals surface area contributed by atoms with Gasteiger partial charge in [-0.1, -0.05) is 12.1 Å². The van der Waals surface area contributed by atoms with Crippen molar-refractivity contribution < 1.29 is 18.3 Å². The molecule has 0 spiro atoms. The van der Waals surface area contributed by atoms with Crippen molar-refractivity contribution >= 4 is 5.91 Å². The van der Waals surface area contributed by atoms with Gasteiger partial charge in [0, 0.05) is 24.9 Å². The largest absolute Gasteiger partial charge is 0.489 e. The van der Waals surface area contributed by atoms with Gasteiger partial charge in [-0.25, -0.2) is 9.37 Å². The van der Waals surface area contributed by atoms with Gasteiger partial charge in [0.05, 0.1) is 6.54 Å². The lowest BCUT2D eigenvalue weighted by Gasteiger charge is -2.17. The maximum Gasteiger partial charge on any atom is 0.253 e. The summed E-state index contributed by atoms with van der Waals surface area (Å²) in [5, 5.41) is 0. The standard InChI is InChI=1S/C15H14F2N2O2/c1-19(15(20)11-6-7-18-14(17)10-11)8-9-21-13-5-3-2-4-12(13)16/h2-7,10H,8-9H2,1H3. The fourth-order valence-corrected chi connectivity index (χ4v) is 1.71. The van der Waals surface area contributed by atoms with E-state index in [1.54, 1.807) is 19.2 Å². The van der Waals surface area contributed by atoms with E-state index in [1.165, 1.54) is 29.3 Å². The lowest BCUT2D eigenvalue weighted by molar-refractivity contribution is 0.0772. The Kier molecular flexibility index (Phi) is 4.81. The predicted octanol–water partition coefficient (Wildman–Crippen LogP) is 2.51. The van der Waals surface area contributed by atoms with E-state index in [9.17, 15) is 13.6 Å². The van der Waals surface area contributed by atoms with E-state index in [-0.39, 0.29) is 30.4 Å². The zero-order valence-electron chi connectivity index (χ0n) is 11.4. The normalized spacial score (nSPS) is 10.2. The van der Waals surface area contributed by atoms with Crippen LogP contribution in [0.3, 0.4) is 0 Å². The van der Waals surface area contributed by atoms with Crippen LogP contribution < -0.4 is 4.74 Å². The van der Waals surface area contributed by atoms with E-state index in [2.05, 4.69) is 4.98 Å². The molecule has 6 heteroatoms. The number of hydrogen-bond acceptors (Lipinski definition) is 3. The number of para-hydroxylation sites is 1. The van der Waals surface area contributed by atoms with Gasteiger partial charge in [-0.2, -0.15) is 4.39 Å². The summed E-state index contributed by atoms with van der Waals surface area (Å²) in [6.45, 7) is 0.383. The highest BCUT2D eigenvalue weighted by Crippen LogP contribution is 2.15. The molecule has 0 aliphatic heterocycles. The van der Waals surface area contributed by atoms with Crippen LogP contribution in [0.1, 0.15) is 10.4 Å². The average Bonchev–Trinajstić information content (AvgIpc) is 2.48. The van der Waals surface area contributed by atoms with Crippen LogP contribution in [-0.4, -0.2) is 36.0 Å². The molecule has 1 amide bonds. The van der Waals surface area contributed by atoms with Crippen LogP contribution in [0.5, 0.6) is 5.75 Å². The van der Waals surface area contributed by atoms with Crippen molar-refractivity contribution in [1.29, 1.82) is 0 Å². The molecule has 0 saturated carbocycles. The quantitative estimate of drug-likeness (QED) is 0.795. The van der Waals surface area contributed by atoms with Gasteiger partial charge in [-0.15, -0.1) is 0 Å². The van der Waals surface area contributed by atoms with Crippen molar-refractivity contribution in [3.05, 3.63) is 59.9 Å². The number of ether oxygens (including phenoxy) is 1.